The Morgan fingerprint density at radius 3 is 3.06 bits per heavy atom. The van der Waals surface area contributed by atoms with Crippen molar-refractivity contribution in [2.24, 2.45) is 0 Å². The van der Waals surface area contributed by atoms with Gasteiger partial charge < -0.3 is 9.67 Å². The van der Waals surface area contributed by atoms with Crippen LogP contribution in [0.2, 0.25) is 5.02 Å². The summed E-state index contributed by atoms with van der Waals surface area (Å²) < 4.78 is 2.07. The third-order valence-electron chi connectivity index (χ3n) is 3.14. The van der Waals surface area contributed by atoms with Gasteiger partial charge in [-0.25, -0.2) is 0 Å². The van der Waals surface area contributed by atoms with Crippen molar-refractivity contribution < 1.29 is 5.11 Å². The Balaban J connectivity index is 1.72. The highest BCUT2D eigenvalue weighted by atomic mass is 35.5. The summed E-state index contributed by atoms with van der Waals surface area (Å²) in [6.45, 7) is 3.46. The highest BCUT2D eigenvalue weighted by Gasteiger charge is 2.17. The van der Waals surface area contributed by atoms with E-state index < -0.39 is 0 Å². The number of aromatic hydroxyl groups is 1. The van der Waals surface area contributed by atoms with E-state index in [1.54, 1.807) is 18.5 Å². The molecule has 1 aliphatic rings. The Morgan fingerprint density at radius 2 is 2.22 bits per heavy atom. The summed E-state index contributed by atoms with van der Waals surface area (Å²) in [5.74, 6) is 1.12. The van der Waals surface area contributed by atoms with E-state index in [1.165, 1.54) is 0 Å². The number of fused-ring (bicyclic) bond motifs is 1. The van der Waals surface area contributed by atoms with Crippen molar-refractivity contribution >= 4 is 11.6 Å². The standard InChI is InChI=1S/C12H13ClN4O/c13-10-5-9(1-2-11(10)18)6-16-3-4-17-8-14-15-12(17)7-16/h1-2,5,8,18H,3-4,6-7H2. The van der Waals surface area contributed by atoms with E-state index >= 15 is 0 Å². The minimum Gasteiger partial charge on any atom is -0.506 e. The van der Waals surface area contributed by atoms with Crippen LogP contribution in [0.4, 0.5) is 0 Å². The van der Waals surface area contributed by atoms with Gasteiger partial charge in [-0.3, -0.25) is 4.90 Å². The summed E-state index contributed by atoms with van der Waals surface area (Å²) in [6.07, 6.45) is 1.77. The Kier molecular flexibility index (Phi) is 2.93. The van der Waals surface area contributed by atoms with Gasteiger partial charge in [0.2, 0.25) is 0 Å². The summed E-state index contributed by atoms with van der Waals surface area (Å²) >= 11 is 5.90. The Hall–Kier alpha value is -1.59. The van der Waals surface area contributed by atoms with Gasteiger partial charge in [0.1, 0.15) is 17.9 Å². The molecule has 0 saturated heterocycles. The number of benzene rings is 1. The molecular formula is C12H13ClN4O. The largest absolute Gasteiger partial charge is 0.506 e. The van der Waals surface area contributed by atoms with Crippen LogP contribution in [0.25, 0.3) is 0 Å². The maximum absolute atomic E-state index is 9.38. The van der Waals surface area contributed by atoms with Gasteiger partial charge in [0.05, 0.1) is 11.6 Å². The first kappa shape index (κ1) is 11.5. The fraction of sp³-hybridized carbons (Fsp3) is 0.333. The lowest BCUT2D eigenvalue weighted by Gasteiger charge is -2.26. The van der Waals surface area contributed by atoms with Crippen LogP contribution in [0.5, 0.6) is 5.75 Å². The van der Waals surface area contributed by atoms with E-state index in [4.69, 9.17) is 11.6 Å². The van der Waals surface area contributed by atoms with Crippen LogP contribution in [0.1, 0.15) is 11.4 Å². The molecule has 0 spiro atoms. The molecule has 1 N–H and O–H groups in total. The molecule has 2 heterocycles. The van der Waals surface area contributed by atoms with Crippen LogP contribution in [-0.2, 0) is 19.6 Å². The fourth-order valence-electron chi connectivity index (χ4n) is 2.16. The van der Waals surface area contributed by atoms with E-state index in [2.05, 4.69) is 19.7 Å². The minimum atomic E-state index is 0.124. The molecule has 6 heteroatoms. The second-order valence-corrected chi connectivity index (χ2v) is 4.84. The number of aromatic nitrogens is 3. The molecule has 3 rings (SSSR count). The Labute approximate surface area is 110 Å². The van der Waals surface area contributed by atoms with Crippen molar-refractivity contribution in [1.82, 2.24) is 19.7 Å². The summed E-state index contributed by atoms with van der Waals surface area (Å²) in [7, 11) is 0. The third-order valence-corrected chi connectivity index (χ3v) is 3.44. The van der Waals surface area contributed by atoms with Gasteiger partial charge >= 0.3 is 0 Å². The number of nitrogens with zero attached hydrogens (tertiary/aromatic N) is 4. The molecular weight excluding hydrogens is 252 g/mol. The zero-order valence-electron chi connectivity index (χ0n) is 9.75. The van der Waals surface area contributed by atoms with Crippen LogP contribution in [0.3, 0.4) is 0 Å². The highest BCUT2D eigenvalue weighted by Crippen LogP contribution is 2.24. The van der Waals surface area contributed by atoms with Crippen LogP contribution in [-0.4, -0.2) is 31.3 Å². The van der Waals surface area contributed by atoms with Crippen molar-refractivity contribution in [2.75, 3.05) is 6.54 Å². The van der Waals surface area contributed by atoms with Gasteiger partial charge in [-0.05, 0) is 17.7 Å². The van der Waals surface area contributed by atoms with Crippen LogP contribution >= 0.6 is 11.6 Å². The smallest absolute Gasteiger partial charge is 0.147 e. The van der Waals surface area contributed by atoms with Crippen molar-refractivity contribution in [1.29, 1.82) is 0 Å². The summed E-state index contributed by atoms with van der Waals surface area (Å²) in [5.41, 5.74) is 1.09. The van der Waals surface area contributed by atoms with Gasteiger partial charge in [-0.1, -0.05) is 17.7 Å². The normalized spacial score (nSPS) is 15.6. The Bertz CT molecular complexity index is 569. The molecule has 2 aromatic rings. The molecule has 1 aromatic heterocycles. The highest BCUT2D eigenvalue weighted by molar-refractivity contribution is 6.32. The van der Waals surface area contributed by atoms with E-state index in [9.17, 15) is 5.11 Å². The zero-order chi connectivity index (χ0) is 12.5. The van der Waals surface area contributed by atoms with E-state index in [-0.39, 0.29) is 5.75 Å². The van der Waals surface area contributed by atoms with E-state index in [0.29, 0.717) is 5.02 Å². The van der Waals surface area contributed by atoms with Crippen LogP contribution in [0, 0.1) is 0 Å². The van der Waals surface area contributed by atoms with Gasteiger partial charge in [0.15, 0.2) is 0 Å². The molecule has 1 aromatic carbocycles. The molecule has 0 saturated carbocycles. The average molecular weight is 265 g/mol. The van der Waals surface area contributed by atoms with Crippen molar-refractivity contribution in [3.63, 3.8) is 0 Å². The summed E-state index contributed by atoms with van der Waals surface area (Å²) in [6, 6.07) is 5.32. The molecule has 0 atom stereocenters. The van der Waals surface area contributed by atoms with Gasteiger partial charge in [0, 0.05) is 19.6 Å². The lowest BCUT2D eigenvalue weighted by Crippen LogP contribution is -2.33. The number of rotatable bonds is 2. The first-order chi connectivity index (χ1) is 8.72. The van der Waals surface area contributed by atoms with E-state index in [0.717, 1.165) is 37.6 Å². The molecule has 5 nitrogen and oxygen atoms in total. The number of hydrogen-bond acceptors (Lipinski definition) is 4. The summed E-state index contributed by atoms with van der Waals surface area (Å²) in [5, 5.41) is 17.8. The zero-order valence-corrected chi connectivity index (χ0v) is 10.5. The second-order valence-electron chi connectivity index (χ2n) is 4.44. The number of phenols is 1. The number of phenolic OH excluding ortho intramolecular Hbond substituents is 1. The van der Waals surface area contributed by atoms with Crippen molar-refractivity contribution in [3.8, 4) is 5.75 Å². The van der Waals surface area contributed by atoms with Crippen molar-refractivity contribution in [2.45, 2.75) is 19.6 Å². The molecule has 0 fully saturated rings. The van der Waals surface area contributed by atoms with Crippen LogP contribution < -0.4 is 0 Å². The van der Waals surface area contributed by atoms with Gasteiger partial charge in [-0.15, -0.1) is 10.2 Å². The average Bonchev–Trinajstić information content (AvgIpc) is 2.81. The first-order valence-electron chi connectivity index (χ1n) is 5.79. The van der Waals surface area contributed by atoms with E-state index in [1.807, 2.05) is 6.07 Å². The second kappa shape index (κ2) is 4.59. The SMILES string of the molecule is Oc1ccc(CN2CCn3cnnc3C2)cc1Cl. The maximum Gasteiger partial charge on any atom is 0.147 e. The fourth-order valence-corrected chi connectivity index (χ4v) is 2.36. The lowest BCUT2D eigenvalue weighted by atomic mass is 10.2. The lowest BCUT2D eigenvalue weighted by molar-refractivity contribution is 0.209. The molecule has 0 radical (unpaired) electrons. The molecule has 0 aliphatic carbocycles. The molecule has 94 valence electrons. The number of halogens is 1. The monoisotopic (exact) mass is 264 g/mol. The van der Waals surface area contributed by atoms with Crippen molar-refractivity contribution in [3.05, 3.63) is 40.9 Å². The molecule has 1 aliphatic heterocycles. The maximum atomic E-state index is 9.38. The predicted molar refractivity (Wildman–Crippen MR) is 67.3 cm³/mol. The quantitative estimate of drug-likeness (QED) is 0.896. The first-order valence-corrected chi connectivity index (χ1v) is 6.16. The predicted octanol–water partition coefficient (Wildman–Crippen LogP) is 1.65. The number of hydrogen-bond donors (Lipinski definition) is 1. The minimum absolute atomic E-state index is 0.124. The molecule has 18 heavy (non-hydrogen) atoms. The third kappa shape index (κ3) is 2.19. The van der Waals surface area contributed by atoms with Gasteiger partial charge in [-0.2, -0.15) is 0 Å². The Morgan fingerprint density at radius 1 is 1.33 bits per heavy atom. The van der Waals surface area contributed by atoms with Gasteiger partial charge in [0.25, 0.3) is 0 Å². The van der Waals surface area contributed by atoms with Crippen LogP contribution in [0.15, 0.2) is 24.5 Å². The molecule has 0 bridgehead atoms. The molecule has 0 unspecified atom stereocenters. The summed E-state index contributed by atoms with van der Waals surface area (Å²) in [4.78, 5) is 2.28. The molecule has 0 amide bonds. The topological polar surface area (TPSA) is 54.2 Å².